The summed E-state index contributed by atoms with van der Waals surface area (Å²) in [6.45, 7) is 5.47. The topological polar surface area (TPSA) is 74.3 Å². The third-order valence-corrected chi connectivity index (χ3v) is 4.49. The van der Waals surface area contributed by atoms with Gasteiger partial charge in [-0.1, -0.05) is 36.8 Å². The molecule has 2 rings (SSSR count). The van der Waals surface area contributed by atoms with Gasteiger partial charge >= 0.3 is 6.03 Å². The number of urea groups is 1. The second-order valence-corrected chi connectivity index (χ2v) is 7.48. The molecule has 0 aromatic carbocycles. The fraction of sp³-hybridized carbons (Fsp3) is 0.643. The summed E-state index contributed by atoms with van der Waals surface area (Å²) in [6.07, 6.45) is 3.63. The number of nitrogens with one attached hydrogen (secondary N) is 2. The fourth-order valence-electron chi connectivity index (χ4n) is 2.38. The number of carbonyl (C=O) groups is 2. The van der Waals surface area contributed by atoms with Gasteiger partial charge in [0.25, 0.3) is 0 Å². The Hall–Kier alpha value is -1.34. The van der Waals surface area contributed by atoms with Crippen LogP contribution in [0.15, 0.2) is 6.20 Å². The third kappa shape index (κ3) is 5.14. The molecule has 8 heteroatoms. The number of anilines is 1. The van der Waals surface area contributed by atoms with E-state index in [0.29, 0.717) is 34.9 Å². The first-order valence-electron chi connectivity index (χ1n) is 7.40. The first-order chi connectivity index (χ1) is 10.4. The summed E-state index contributed by atoms with van der Waals surface area (Å²) >= 11 is 6.98. The van der Waals surface area contributed by atoms with Crippen LogP contribution in [-0.2, 0) is 4.79 Å². The van der Waals surface area contributed by atoms with Gasteiger partial charge in [0.1, 0.15) is 4.34 Å². The highest BCUT2D eigenvalue weighted by Crippen LogP contribution is 2.22. The molecule has 0 atom stereocenters. The van der Waals surface area contributed by atoms with Gasteiger partial charge in [-0.15, -0.1) is 0 Å². The molecular formula is C14H21ClN4O2S. The van der Waals surface area contributed by atoms with Gasteiger partial charge in [-0.25, -0.2) is 9.78 Å². The SMILES string of the molecule is CC(C)CC(=O)N1CCC(NC(=O)Nc2ncc(Cl)s2)CC1. The van der Waals surface area contributed by atoms with Gasteiger partial charge in [0.05, 0.1) is 6.20 Å². The molecule has 2 heterocycles. The molecular weight excluding hydrogens is 324 g/mol. The lowest BCUT2D eigenvalue weighted by atomic mass is 10.0. The summed E-state index contributed by atoms with van der Waals surface area (Å²) < 4.78 is 0.535. The van der Waals surface area contributed by atoms with Crippen LogP contribution in [0, 0.1) is 5.92 Å². The Morgan fingerprint density at radius 3 is 2.68 bits per heavy atom. The fourth-order valence-corrected chi connectivity index (χ4v) is 3.19. The van der Waals surface area contributed by atoms with E-state index in [4.69, 9.17) is 11.6 Å². The Morgan fingerprint density at radius 2 is 2.14 bits per heavy atom. The number of halogens is 1. The molecule has 1 saturated heterocycles. The van der Waals surface area contributed by atoms with E-state index in [9.17, 15) is 9.59 Å². The molecule has 122 valence electrons. The van der Waals surface area contributed by atoms with Crippen molar-refractivity contribution in [3.63, 3.8) is 0 Å². The lowest BCUT2D eigenvalue weighted by Gasteiger charge is -2.32. The molecule has 0 radical (unpaired) electrons. The number of thiazole rings is 1. The second-order valence-electron chi connectivity index (χ2n) is 5.82. The normalized spacial score (nSPS) is 15.9. The van der Waals surface area contributed by atoms with Crippen LogP contribution in [0.5, 0.6) is 0 Å². The zero-order valence-corrected chi connectivity index (χ0v) is 14.3. The van der Waals surface area contributed by atoms with Crippen molar-refractivity contribution in [2.45, 2.75) is 39.2 Å². The molecule has 1 aliphatic heterocycles. The Labute approximate surface area is 139 Å². The van der Waals surface area contributed by atoms with Crippen molar-refractivity contribution < 1.29 is 9.59 Å². The minimum atomic E-state index is -0.280. The van der Waals surface area contributed by atoms with Crippen LogP contribution >= 0.6 is 22.9 Å². The van der Waals surface area contributed by atoms with Crippen molar-refractivity contribution in [1.29, 1.82) is 0 Å². The molecule has 22 heavy (non-hydrogen) atoms. The van der Waals surface area contributed by atoms with Gasteiger partial charge in [-0.2, -0.15) is 0 Å². The minimum absolute atomic E-state index is 0.0820. The summed E-state index contributed by atoms with van der Waals surface area (Å²) in [5.41, 5.74) is 0. The van der Waals surface area contributed by atoms with Gasteiger partial charge in [0.15, 0.2) is 5.13 Å². The summed E-state index contributed by atoms with van der Waals surface area (Å²) in [5.74, 6) is 0.578. The summed E-state index contributed by atoms with van der Waals surface area (Å²) in [5, 5.41) is 6.05. The first-order valence-corrected chi connectivity index (χ1v) is 8.60. The van der Waals surface area contributed by atoms with Gasteiger partial charge in [0, 0.05) is 25.6 Å². The quantitative estimate of drug-likeness (QED) is 0.881. The predicted molar refractivity (Wildman–Crippen MR) is 88.3 cm³/mol. The number of hydrogen-bond acceptors (Lipinski definition) is 4. The van der Waals surface area contributed by atoms with Crippen LogP contribution < -0.4 is 10.6 Å². The van der Waals surface area contributed by atoms with Crippen LogP contribution in [0.1, 0.15) is 33.1 Å². The first kappa shape index (κ1) is 17.0. The molecule has 1 fully saturated rings. The summed E-state index contributed by atoms with van der Waals surface area (Å²) in [4.78, 5) is 29.7. The minimum Gasteiger partial charge on any atom is -0.343 e. The van der Waals surface area contributed by atoms with Crippen molar-refractivity contribution in [1.82, 2.24) is 15.2 Å². The van der Waals surface area contributed by atoms with Crippen molar-refractivity contribution in [3.05, 3.63) is 10.5 Å². The summed E-state index contributed by atoms with van der Waals surface area (Å²) in [6, 6.07) is -0.198. The monoisotopic (exact) mass is 344 g/mol. The zero-order chi connectivity index (χ0) is 16.1. The third-order valence-electron chi connectivity index (χ3n) is 3.46. The number of rotatable bonds is 4. The number of nitrogens with zero attached hydrogens (tertiary/aromatic N) is 2. The number of amides is 3. The highest BCUT2D eigenvalue weighted by Gasteiger charge is 2.24. The van der Waals surface area contributed by atoms with E-state index in [1.165, 1.54) is 17.5 Å². The second kappa shape index (κ2) is 7.78. The highest BCUT2D eigenvalue weighted by atomic mass is 35.5. The van der Waals surface area contributed by atoms with Gasteiger partial charge in [0.2, 0.25) is 5.91 Å². The van der Waals surface area contributed by atoms with Crippen LogP contribution in [0.3, 0.4) is 0 Å². The maximum atomic E-state index is 12.0. The smallest absolute Gasteiger partial charge is 0.321 e. The van der Waals surface area contributed by atoms with E-state index < -0.39 is 0 Å². The van der Waals surface area contributed by atoms with Crippen LogP contribution in [-0.4, -0.2) is 41.0 Å². The van der Waals surface area contributed by atoms with E-state index in [1.807, 2.05) is 18.7 Å². The van der Waals surface area contributed by atoms with Gasteiger partial charge in [-0.3, -0.25) is 10.1 Å². The maximum absolute atomic E-state index is 12.0. The van der Waals surface area contributed by atoms with E-state index in [2.05, 4.69) is 15.6 Å². The molecule has 1 aliphatic rings. The molecule has 0 bridgehead atoms. The predicted octanol–water partition coefficient (Wildman–Crippen LogP) is 2.96. The number of hydrogen-bond donors (Lipinski definition) is 2. The van der Waals surface area contributed by atoms with Gasteiger partial charge < -0.3 is 10.2 Å². The van der Waals surface area contributed by atoms with E-state index in [1.54, 1.807) is 0 Å². The highest BCUT2D eigenvalue weighted by molar-refractivity contribution is 7.19. The van der Waals surface area contributed by atoms with Crippen LogP contribution in [0.2, 0.25) is 4.34 Å². The van der Waals surface area contributed by atoms with Crippen molar-refractivity contribution >= 4 is 40.0 Å². The number of aromatic nitrogens is 1. The molecule has 0 aliphatic carbocycles. The van der Waals surface area contributed by atoms with Crippen LogP contribution in [0.25, 0.3) is 0 Å². The molecule has 1 aromatic rings. The average molecular weight is 345 g/mol. The lowest BCUT2D eigenvalue weighted by Crippen LogP contribution is -2.47. The molecule has 6 nitrogen and oxygen atoms in total. The number of piperidine rings is 1. The van der Waals surface area contributed by atoms with E-state index in [-0.39, 0.29) is 18.0 Å². The van der Waals surface area contributed by atoms with Crippen molar-refractivity contribution in [2.24, 2.45) is 5.92 Å². The van der Waals surface area contributed by atoms with Crippen molar-refractivity contribution in [2.75, 3.05) is 18.4 Å². The Balaban J connectivity index is 1.73. The molecule has 0 saturated carbocycles. The molecule has 2 N–H and O–H groups in total. The number of likely N-dealkylation sites (tertiary alicyclic amines) is 1. The van der Waals surface area contributed by atoms with Crippen LogP contribution in [0.4, 0.5) is 9.93 Å². The lowest BCUT2D eigenvalue weighted by molar-refractivity contribution is -0.133. The molecule has 0 spiro atoms. The van der Waals surface area contributed by atoms with E-state index in [0.717, 1.165) is 12.8 Å². The molecule has 3 amide bonds. The average Bonchev–Trinajstić information content (AvgIpc) is 2.83. The number of carbonyl (C=O) groups excluding carboxylic acids is 2. The van der Waals surface area contributed by atoms with E-state index >= 15 is 0 Å². The Bertz CT molecular complexity index is 527. The Kier molecular flexibility index (Phi) is 6.02. The standard InChI is InChI=1S/C14H21ClN4O2S/c1-9(2)7-12(20)19-5-3-10(4-6-19)17-13(21)18-14-16-8-11(15)22-14/h8-10H,3-7H2,1-2H3,(H2,16,17,18,21). The molecule has 0 unspecified atom stereocenters. The zero-order valence-electron chi connectivity index (χ0n) is 12.8. The van der Waals surface area contributed by atoms with Crippen molar-refractivity contribution in [3.8, 4) is 0 Å². The summed E-state index contributed by atoms with van der Waals surface area (Å²) in [7, 11) is 0. The molecule has 1 aromatic heterocycles. The largest absolute Gasteiger partial charge is 0.343 e. The van der Waals surface area contributed by atoms with Gasteiger partial charge in [-0.05, 0) is 18.8 Å². The maximum Gasteiger partial charge on any atom is 0.321 e. The Morgan fingerprint density at radius 1 is 1.45 bits per heavy atom.